The molecule has 4 nitrogen and oxygen atoms in total. The summed E-state index contributed by atoms with van der Waals surface area (Å²) in [7, 11) is 0. The topological polar surface area (TPSA) is 16.3 Å². The second kappa shape index (κ2) is 15.9. The van der Waals surface area contributed by atoms with Crippen LogP contribution in [-0.4, -0.2) is 15.8 Å². The summed E-state index contributed by atoms with van der Waals surface area (Å²) in [4.78, 5) is 5.27. The summed E-state index contributed by atoms with van der Waals surface area (Å²) in [5, 5.41) is 9.97. The van der Waals surface area contributed by atoms with Crippen molar-refractivity contribution in [3.8, 4) is 11.4 Å². The molecule has 11 aromatic carbocycles. The second-order valence-corrected chi connectivity index (χ2v) is 23.0. The van der Waals surface area contributed by atoms with E-state index in [0.717, 1.165) is 11.4 Å². The monoisotopic (exact) mass is 962 g/mol. The van der Waals surface area contributed by atoms with Crippen molar-refractivity contribution in [2.45, 2.75) is 52.4 Å². The Balaban J connectivity index is 1.07. The number of anilines is 6. The van der Waals surface area contributed by atoms with Gasteiger partial charge in [0.1, 0.15) is 0 Å². The van der Waals surface area contributed by atoms with E-state index >= 15 is 0 Å². The second-order valence-electron chi connectivity index (χ2n) is 23.0. The third-order valence-corrected chi connectivity index (χ3v) is 16.5. The van der Waals surface area contributed by atoms with Crippen molar-refractivity contribution in [3.63, 3.8) is 0 Å². The Bertz CT molecular complexity index is 4150. The Hall–Kier alpha value is -8.80. The fraction of sp³-hybridized carbons (Fsp3) is 0.114. The summed E-state index contributed by atoms with van der Waals surface area (Å²) in [5.41, 5.74) is 20.4. The first-order chi connectivity index (χ1) is 36.5. The van der Waals surface area contributed by atoms with Crippen molar-refractivity contribution in [2.75, 3.05) is 9.80 Å². The number of fused-ring (bicyclic) bond motifs is 12. The lowest BCUT2D eigenvalue weighted by Crippen LogP contribution is -2.61. The molecule has 2 aromatic heterocycles. The molecule has 0 unspecified atom stereocenters. The summed E-state index contributed by atoms with van der Waals surface area (Å²) in [6, 6.07) is 84.8. The SMILES string of the molecule is CC(C)(C)c1cc2ccccc2cc1N1c2cc(-n3c4ccccc4c4ccccc43)ccc2B2c3ccc(-n4c5ccccc5c5ccccc54)cc3N(c3cc4ccccc4cc3C(C)(C)C)c3cccc1c32. The van der Waals surface area contributed by atoms with Crippen LogP contribution < -0.4 is 26.2 Å². The highest BCUT2D eigenvalue weighted by Crippen LogP contribution is 2.50. The van der Waals surface area contributed by atoms with E-state index in [4.69, 9.17) is 0 Å². The summed E-state index contributed by atoms with van der Waals surface area (Å²) in [5.74, 6) is 0. The molecule has 13 aromatic rings. The largest absolute Gasteiger partial charge is 0.311 e. The lowest BCUT2D eigenvalue weighted by atomic mass is 9.33. The zero-order valence-corrected chi connectivity index (χ0v) is 43.2. The van der Waals surface area contributed by atoms with Crippen molar-refractivity contribution < 1.29 is 0 Å². The van der Waals surface area contributed by atoms with Crippen molar-refractivity contribution in [1.82, 2.24) is 9.13 Å². The first kappa shape index (κ1) is 43.8. The number of rotatable bonds is 4. The molecule has 75 heavy (non-hydrogen) atoms. The molecule has 0 atom stereocenters. The standard InChI is InChI=1S/C70H55BN4/c1-69(2,3)54-38-44-20-7-9-22-46(44)40-64(54)74-62-32-19-33-63-68(62)71(56-36-34-48(42-66(56)74)72-58-28-15-11-24-50(58)51-25-12-16-29-59(51)72)57-37-35-49(73-60-30-17-13-26-52(60)53-27-14-18-31-61(53)73)43-67(57)75(63)65-41-47-23-10-8-21-45(47)39-55(65)70(4,5)6/h7-43H,1-6H3. The van der Waals surface area contributed by atoms with E-state index in [1.54, 1.807) is 0 Å². The highest BCUT2D eigenvalue weighted by atomic mass is 15.2. The first-order valence-corrected chi connectivity index (χ1v) is 26.5. The summed E-state index contributed by atoms with van der Waals surface area (Å²) >= 11 is 0. The van der Waals surface area contributed by atoms with Gasteiger partial charge in [0.15, 0.2) is 0 Å². The highest BCUT2D eigenvalue weighted by molar-refractivity contribution is 7.00. The zero-order chi connectivity index (χ0) is 50.5. The van der Waals surface area contributed by atoms with Crippen LogP contribution in [0.3, 0.4) is 0 Å². The van der Waals surface area contributed by atoms with Crippen LogP contribution in [0.25, 0.3) is 76.5 Å². The van der Waals surface area contributed by atoms with E-state index in [9.17, 15) is 0 Å². The van der Waals surface area contributed by atoms with Gasteiger partial charge in [-0.1, -0.05) is 181 Å². The van der Waals surface area contributed by atoms with Gasteiger partial charge in [0.2, 0.25) is 0 Å². The maximum absolute atomic E-state index is 2.63. The molecule has 0 amide bonds. The predicted octanol–water partition coefficient (Wildman–Crippen LogP) is 16.9. The molecule has 4 heterocycles. The lowest BCUT2D eigenvalue weighted by Gasteiger charge is -2.46. The average Bonchev–Trinajstić information content (AvgIpc) is 3.98. The molecule has 0 saturated carbocycles. The van der Waals surface area contributed by atoms with Crippen LogP contribution in [0.5, 0.6) is 0 Å². The van der Waals surface area contributed by atoms with Crippen LogP contribution >= 0.6 is 0 Å². The van der Waals surface area contributed by atoms with Crippen molar-refractivity contribution >= 4 is 122 Å². The Morgan fingerprint density at radius 2 is 0.627 bits per heavy atom. The quantitative estimate of drug-likeness (QED) is 0.163. The minimum atomic E-state index is -0.176. The van der Waals surface area contributed by atoms with Crippen LogP contribution in [0.1, 0.15) is 52.7 Å². The van der Waals surface area contributed by atoms with Crippen LogP contribution in [-0.2, 0) is 10.8 Å². The van der Waals surface area contributed by atoms with E-state index in [1.807, 2.05) is 0 Å². The molecule has 5 heteroatoms. The molecule has 15 rings (SSSR count). The van der Waals surface area contributed by atoms with Gasteiger partial charge in [0, 0.05) is 55.7 Å². The van der Waals surface area contributed by atoms with Crippen LogP contribution in [0.4, 0.5) is 34.1 Å². The number of nitrogens with zero attached hydrogens (tertiary/aromatic N) is 4. The minimum absolute atomic E-state index is 0.0785. The minimum Gasteiger partial charge on any atom is -0.311 e. The third kappa shape index (κ3) is 6.43. The zero-order valence-electron chi connectivity index (χ0n) is 43.2. The molecule has 0 N–H and O–H groups in total. The van der Waals surface area contributed by atoms with Gasteiger partial charge in [-0.3, -0.25) is 0 Å². The normalized spacial score (nSPS) is 13.4. The number of benzene rings is 11. The predicted molar refractivity (Wildman–Crippen MR) is 322 cm³/mol. The molecule has 0 radical (unpaired) electrons. The van der Waals surface area contributed by atoms with Crippen LogP contribution in [0.2, 0.25) is 0 Å². The molecule has 0 fully saturated rings. The van der Waals surface area contributed by atoms with E-state index in [-0.39, 0.29) is 17.5 Å². The molecule has 2 aliphatic rings. The summed E-state index contributed by atoms with van der Waals surface area (Å²) < 4.78 is 4.95. The Morgan fingerprint density at radius 3 is 0.987 bits per heavy atom. The van der Waals surface area contributed by atoms with Gasteiger partial charge >= 0.3 is 0 Å². The molecule has 0 aliphatic carbocycles. The van der Waals surface area contributed by atoms with E-state index in [2.05, 4.69) is 285 Å². The van der Waals surface area contributed by atoms with Crippen LogP contribution in [0, 0.1) is 0 Å². The van der Waals surface area contributed by atoms with Gasteiger partial charge in [-0.05, 0) is 145 Å². The summed E-state index contributed by atoms with van der Waals surface area (Å²) in [6.07, 6.45) is 0. The molecule has 0 bridgehead atoms. The maximum Gasteiger partial charge on any atom is 0.252 e. The Labute approximate surface area is 438 Å². The molecule has 0 spiro atoms. The van der Waals surface area contributed by atoms with Gasteiger partial charge in [0.25, 0.3) is 6.71 Å². The van der Waals surface area contributed by atoms with E-state index in [1.165, 1.54) is 127 Å². The van der Waals surface area contributed by atoms with Gasteiger partial charge in [-0.15, -0.1) is 0 Å². The van der Waals surface area contributed by atoms with Crippen molar-refractivity contribution in [2.24, 2.45) is 0 Å². The number of para-hydroxylation sites is 4. The Morgan fingerprint density at radius 1 is 0.293 bits per heavy atom. The molecular formula is C70H55BN4. The number of hydrogen-bond acceptors (Lipinski definition) is 2. The average molecular weight is 963 g/mol. The van der Waals surface area contributed by atoms with E-state index < -0.39 is 0 Å². The van der Waals surface area contributed by atoms with Crippen LogP contribution in [0.15, 0.2) is 224 Å². The first-order valence-electron chi connectivity index (χ1n) is 26.5. The smallest absolute Gasteiger partial charge is 0.252 e. The van der Waals surface area contributed by atoms with Gasteiger partial charge < -0.3 is 18.9 Å². The highest BCUT2D eigenvalue weighted by Gasteiger charge is 2.45. The fourth-order valence-electron chi connectivity index (χ4n) is 13.1. The fourth-order valence-corrected chi connectivity index (χ4v) is 13.1. The van der Waals surface area contributed by atoms with Crippen molar-refractivity contribution in [1.29, 1.82) is 0 Å². The van der Waals surface area contributed by atoms with Gasteiger partial charge in [0.05, 0.1) is 33.4 Å². The molecule has 0 saturated heterocycles. The lowest BCUT2D eigenvalue weighted by molar-refractivity contribution is 0.591. The van der Waals surface area contributed by atoms with Crippen molar-refractivity contribution in [3.05, 3.63) is 236 Å². The third-order valence-electron chi connectivity index (χ3n) is 16.5. The van der Waals surface area contributed by atoms with E-state index in [0.29, 0.717) is 0 Å². The molecular weight excluding hydrogens is 908 g/mol. The molecule has 2 aliphatic heterocycles. The number of hydrogen-bond donors (Lipinski definition) is 0. The maximum atomic E-state index is 2.63. The van der Waals surface area contributed by atoms with Gasteiger partial charge in [-0.25, -0.2) is 0 Å². The number of aromatic nitrogens is 2. The molecule has 358 valence electrons. The summed E-state index contributed by atoms with van der Waals surface area (Å²) in [6.45, 7) is 14.1. The van der Waals surface area contributed by atoms with Gasteiger partial charge in [-0.2, -0.15) is 0 Å². The Kier molecular flexibility index (Phi) is 9.25.